The van der Waals surface area contributed by atoms with Crippen LogP contribution in [0.2, 0.25) is 0 Å². The van der Waals surface area contributed by atoms with Crippen LogP contribution in [0, 0.1) is 5.92 Å². The Hall–Kier alpha value is -1.35. The number of carbonyl (C=O) groups excluding carboxylic acids is 1. The lowest BCUT2D eigenvalue weighted by Crippen LogP contribution is -2.23. The predicted molar refractivity (Wildman–Crippen MR) is 77.5 cm³/mol. The molecule has 0 spiro atoms. The second-order valence-electron chi connectivity index (χ2n) is 5.41. The van der Waals surface area contributed by atoms with Crippen molar-refractivity contribution in [1.82, 2.24) is 0 Å². The van der Waals surface area contributed by atoms with E-state index in [-0.39, 0.29) is 11.9 Å². The maximum Gasteiger partial charge on any atom is 0.162 e. The van der Waals surface area contributed by atoms with Crippen LogP contribution in [0.5, 0.6) is 0 Å². The number of ketones is 1. The Kier molecular flexibility index (Phi) is 4.97. The van der Waals surface area contributed by atoms with Crippen LogP contribution in [0.1, 0.15) is 49.4 Å². The van der Waals surface area contributed by atoms with E-state index < -0.39 is 0 Å². The summed E-state index contributed by atoms with van der Waals surface area (Å²) in [6.07, 6.45) is 4.51. The summed E-state index contributed by atoms with van der Waals surface area (Å²) in [6.45, 7) is 2.83. The Labute approximate surface area is 115 Å². The number of hydrogen-bond acceptors (Lipinski definition) is 3. The van der Waals surface area contributed by atoms with Gasteiger partial charge in [0.05, 0.1) is 6.10 Å². The summed E-state index contributed by atoms with van der Waals surface area (Å²) in [7, 11) is 0. The minimum atomic E-state index is -0.0874. The van der Waals surface area contributed by atoms with Crippen LogP contribution in [-0.2, 0) is 0 Å². The molecule has 1 saturated carbocycles. The number of aliphatic hydroxyl groups excluding tert-OH is 1. The fourth-order valence-corrected chi connectivity index (χ4v) is 2.59. The first kappa shape index (κ1) is 14.1. The van der Waals surface area contributed by atoms with Gasteiger partial charge in [-0.1, -0.05) is 6.92 Å². The van der Waals surface area contributed by atoms with Gasteiger partial charge in [0.25, 0.3) is 0 Å². The van der Waals surface area contributed by atoms with E-state index in [2.05, 4.69) is 5.32 Å². The average Bonchev–Trinajstić information content (AvgIpc) is 2.46. The normalized spacial score (nSPS) is 23.1. The maximum atomic E-state index is 11.5. The van der Waals surface area contributed by atoms with Gasteiger partial charge in [-0.3, -0.25) is 4.79 Å². The number of benzene rings is 1. The first-order valence-corrected chi connectivity index (χ1v) is 7.24. The summed E-state index contributed by atoms with van der Waals surface area (Å²) in [5, 5.41) is 12.9. The van der Waals surface area contributed by atoms with Crippen LogP contribution in [0.25, 0.3) is 0 Å². The summed E-state index contributed by atoms with van der Waals surface area (Å²) in [4.78, 5) is 11.5. The molecule has 0 saturated heterocycles. The smallest absolute Gasteiger partial charge is 0.162 e. The number of rotatable bonds is 5. The third kappa shape index (κ3) is 4.06. The molecule has 0 aromatic heterocycles. The molecule has 1 aliphatic rings. The number of Topliss-reactive ketones (excluding diaryl/α,β-unsaturated/α-hetero) is 1. The Morgan fingerprint density at radius 2 is 1.84 bits per heavy atom. The van der Waals surface area contributed by atoms with E-state index in [1.54, 1.807) is 0 Å². The van der Waals surface area contributed by atoms with Crippen molar-refractivity contribution in [3.8, 4) is 0 Å². The molecular weight excluding hydrogens is 238 g/mol. The number of anilines is 1. The van der Waals surface area contributed by atoms with Gasteiger partial charge in [0.15, 0.2) is 5.78 Å². The zero-order valence-corrected chi connectivity index (χ0v) is 11.6. The van der Waals surface area contributed by atoms with E-state index in [0.717, 1.165) is 43.5 Å². The molecule has 3 heteroatoms. The number of nitrogens with one attached hydrogen (secondary N) is 1. The fraction of sp³-hybridized carbons (Fsp3) is 0.562. The molecule has 1 aromatic rings. The van der Waals surface area contributed by atoms with Crippen molar-refractivity contribution in [3.05, 3.63) is 29.8 Å². The molecule has 1 fully saturated rings. The molecular formula is C16H23NO2. The summed E-state index contributed by atoms with van der Waals surface area (Å²) in [5.74, 6) is 0.841. The van der Waals surface area contributed by atoms with Gasteiger partial charge in [-0.2, -0.15) is 0 Å². The molecule has 0 heterocycles. The first-order chi connectivity index (χ1) is 9.19. The van der Waals surface area contributed by atoms with Crippen LogP contribution in [0.3, 0.4) is 0 Å². The van der Waals surface area contributed by atoms with Crippen molar-refractivity contribution in [2.75, 3.05) is 11.9 Å². The third-order valence-electron chi connectivity index (χ3n) is 3.94. The molecule has 0 bridgehead atoms. The van der Waals surface area contributed by atoms with Gasteiger partial charge < -0.3 is 10.4 Å². The second kappa shape index (κ2) is 6.71. The zero-order valence-electron chi connectivity index (χ0n) is 11.6. The van der Waals surface area contributed by atoms with Crippen LogP contribution in [0.15, 0.2) is 24.3 Å². The summed E-state index contributed by atoms with van der Waals surface area (Å²) in [6, 6.07) is 7.72. The highest BCUT2D eigenvalue weighted by Gasteiger charge is 2.18. The van der Waals surface area contributed by atoms with Gasteiger partial charge in [0.1, 0.15) is 0 Å². The molecule has 2 N–H and O–H groups in total. The van der Waals surface area contributed by atoms with E-state index in [4.69, 9.17) is 0 Å². The van der Waals surface area contributed by atoms with Gasteiger partial charge in [-0.05, 0) is 55.9 Å². The molecule has 0 unspecified atom stereocenters. The van der Waals surface area contributed by atoms with Gasteiger partial charge >= 0.3 is 0 Å². The molecule has 0 atom stereocenters. The van der Waals surface area contributed by atoms with Crippen molar-refractivity contribution in [3.63, 3.8) is 0 Å². The molecule has 1 aromatic carbocycles. The lowest BCUT2D eigenvalue weighted by atomic mass is 9.87. The van der Waals surface area contributed by atoms with Gasteiger partial charge in [-0.15, -0.1) is 0 Å². The Morgan fingerprint density at radius 1 is 1.21 bits per heavy atom. The summed E-state index contributed by atoms with van der Waals surface area (Å²) in [5.41, 5.74) is 1.85. The van der Waals surface area contributed by atoms with E-state index in [1.807, 2.05) is 31.2 Å². The number of aliphatic hydroxyl groups is 1. The van der Waals surface area contributed by atoms with Gasteiger partial charge in [-0.25, -0.2) is 0 Å². The molecule has 0 amide bonds. The molecule has 2 rings (SSSR count). The Morgan fingerprint density at radius 3 is 2.42 bits per heavy atom. The van der Waals surface area contributed by atoms with Crippen LogP contribution in [0.4, 0.5) is 5.69 Å². The average molecular weight is 261 g/mol. The fourth-order valence-electron chi connectivity index (χ4n) is 2.59. The maximum absolute atomic E-state index is 11.5. The monoisotopic (exact) mass is 261 g/mol. The van der Waals surface area contributed by atoms with E-state index in [9.17, 15) is 9.90 Å². The van der Waals surface area contributed by atoms with E-state index >= 15 is 0 Å². The van der Waals surface area contributed by atoms with Crippen LogP contribution < -0.4 is 5.32 Å². The van der Waals surface area contributed by atoms with Crippen LogP contribution in [-0.4, -0.2) is 23.5 Å². The SMILES string of the molecule is CCC(=O)c1ccc(NCC2CCC(O)CC2)cc1. The van der Waals surface area contributed by atoms with Crippen molar-refractivity contribution in [2.45, 2.75) is 45.1 Å². The largest absolute Gasteiger partial charge is 0.393 e. The van der Waals surface area contributed by atoms with Crippen molar-refractivity contribution < 1.29 is 9.90 Å². The van der Waals surface area contributed by atoms with Crippen molar-refractivity contribution in [1.29, 1.82) is 0 Å². The highest BCUT2D eigenvalue weighted by Crippen LogP contribution is 2.24. The van der Waals surface area contributed by atoms with Crippen LogP contribution >= 0.6 is 0 Å². The molecule has 3 nitrogen and oxygen atoms in total. The van der Waals surface area contributed by atoms with E-state index in [1.165, 1.54) is 0 Å². The number of carbonyl (C=O) groups is 1. The quantitative estimate of drug-likeness (QED) is 0.800. The van der Waals surface area contributed by atoms with Crippen molar-refractivity contribution >= 4 is 11.5 Å². The third-order valence-corrected chi connectivity index (χ3v) is 3.94. The highest BCUT2D eigenvalue weighted by atomic mass is 16.3. The Bertz CT molecular complexity index is 405. The molecule has 1 aliphatic carbocycles. The summed E-state index contributed by atoms with van der Waals surface area (Å²) < 4.78 is 0. The van der Waals surface area contributed by atoms with Gasteiger partial charge in [0, 0.05) is 24.2 Å². The molecule has 104 valence electrons. The lowest BCUT2D eigenvalue weighted by molar-refractivity contribution is 0.0988. The van der Waals surface area contributed by atoms with E-state index in [0.29, 0.717) is 12.3 Å². The number of hydrogen-bond donors (Lipinski definition) is 2. The minimum absolute atomic E-state index is 0.0874. The lowest BCUT2D eigenvalue weighted by Gasteiger charge is -2.25. The van der Waals surface area contributed by atoms with Gasteiger partial charge in [0.2, 0.25) is 0 Å². The zero-order chi connectivity index (χ0) is 13.7. The highest BCUT2D eigenvalue weighted by molar-refractivity contribution is 5.96. The minimum Gasteiger partial charge on any atom is -0.393 e. The second-order valence-corrected chi connectivity index (χ2v) is 5.41. The molecule has 19 heavy (non-hydrogen) atoms. The Balaban J connectivity index is 1.81. The standard InChI is InChI=1S/C16H23NO2/c1-2-16(19)13-5-7-14(8-6-13)17-11-12-3-9-15(18)10-4-12/h5-8,12,15,17-18H,2-4,9-11H2,1H3. The predicted octanol–water partition coefficient (Wildman–Crippen LogP) is 3.24. The van der Waals surface area contributed by atoms with Crippen molar-refractivity contribution in [2.24, 2.45) is 5.92 Å². The summed E-state index contributed by atoms with van der Waals surface area (Å²) >= 11 is 0. The molecule has 0 aliphatic heterocycles. The topological polar surface area (TPSA) is 49.3 Å². The first-order valence-electron chi connectivity index (χ1n) is 7.24. The molecule has 0 radical (unpaired) electrons.